The second kappa shape index (κ2) is 13.1. The van der Waals surface area contributed by atoms with Crippen molar-refractivity contribution < 1.29 is 29.0 Å². The van der Waals surface area contributed by atoms with Crippen LogP contribution in [0.1, 0.15) is 34.6 Å². The second-order valence-electron chi connectivity index (χ2n) is 10.0. The van der Waals surface area contributed by atoms with Gasteiger partial charge in [-0.05, 0) is 55.5 Å². The zero-order valence-electron chi connectivity index (χ0n) is 23.5. The molecule has 2 heterocycles. The molecular formula is C30H35N5O6. The number of hydrogen-bond donors (Lipinski definition) is 3. The van der Waals surface area contributed by atoms with Gasteiger partial charge in [-0.2, -0.15) is 0 Å². The summed E-state index contributed by atoms with van der Waals surface area (Å²) in [7, 11) is 3.23. The van der Waals surface area contributed by atoms with Crippen LogP contribution in [0.2, 0.25) is 0 Å². The fraction of sp³-hybridized carbons (Fsp3) is 0.333. The summed E-state index contributed by atoms with van der Waals surface area (Å²) in [6.07, 6.45) is 2.48. The lowest BCUT2D eigenvalue weighted by Crippen LogP contribution is -2.50. The molecule has 41 heavy (non-hydrogen) atoms. The molecule has 1 aromatic heterocycles. The number of anilines is 2. The average molecular weight is 562 g/mol. The predicted molar refractivity (Wildman–Crippen MR) is 154 cm³/mol. The third-order valence-electron chi connectivity index (χ3n) is 7.02. The van der Waals surface area contributed by atoms with Crippen molar-refractivity contribution in [1.82, 2.24) is 14.8 Å². The number of nitrogens with one attached hydrogen (secondary N) is 2. The summed E-state index contributed by atoms with van der Waals surface area (Å²) in [6.45, 7) is 3.96. The van der Waals surface area contributed by atoms with Crippen molar-refractivity contribution in [2.24, 2.45) is 5.92 Å². The first-order valence-corrected chi connectivity index (χ1v) is 13.3. The average Bonchev–Trinajstić information content (AvgIpc) is 2.99. The number of likely N-dealkylation sites (N-methyl/N-ethyl adjacent to an activating group) is 1. The molecule has 0 spiro atoms. The van der Waals surface area contributed by atoms with E-state index in [4.69, 9.17) is 9.47 Å². The predicted octanol–water partition coefficient (Wildman–Crippen LogP) is 3.73. The van der Waals surface area contributed by atoms with Gasteiger partial charge in [0.05, 0.1) is 37.6 Å². The number of urea groups is 1. The Kier molecular flexibility index (Phi) is 9.41. The number of nitrogens with zero attached hydrogens (tertiary/aromatic N) is 3. The Morgan fingerprint density at radius 3 is 2.51 bits per heavy atom. The first-order valence-electron chi connectivity index (χ1n) is 13.3. The number of carbonyl (C=O) groups excluding carboxylic acids is 3. The molecule has 1 aliphatic heterocycles. The van der Waals surface area contributed by atoms with Crippen molar-refractivity contribution in [3.8, 4) is 11.5 Å². The molecule has 216 valence electrons. The van der Waals surface area contributed by atoms with Gasteiger partial charge in [-0.15, -0.1) is 0 Å². The third kappa shape index (κ3) is 6.93. The monoisotopic (exact) mass is 561 g/mol. The Morgan fingerprint density at radius 1 is 1.15 bits per heavy atom. The van der Waals surface area contributed by atoms with E-state index in [9.17, 15) is 19.5 Å². The maximum absolute atomic E-state index is 13.7. The number of amides is 4. The molecule has 11 nitrogen and oxygen atoms in total. The van der Waals surface area contributed by atoms with Gasteiger partial charge < -0.3 is 35.0 Å². The fourth-order valence-electron chi connectivity index (χ4n) is 4.50. The van der Waals surface area contributed by atoms with Crippen LogP contribution in [0.15, 0.2) is 67.0 Å². The minimum atomic E-state index is -0.555. The number of methoxy groups -OCH3 is 1. The number of fused-ring (bicyclic) bond motifs is 1. The minimum absolute atomic E-state index is 0.185. The highest BCUT2D eigenvalue weighted by Crippen LogP contribution is 2.35. The second-order valence-corrected chi connectivity index (χ2v) is 10.0. The highest BCUT2D eigenvalue weighted by Gasteiger charge is 2.35. The van der Waals surface area contributed by atoms with Crippen LogP contribution in [0.25, 0.3) is 0 Å². The van der Waals surface area contributed by atoms with Crippen molar-refractivity contribution in [3.63, 3.8) is 0 Å². The number of aliphatic hydroxyl groups is 1. The Labute approximate surface area is 239 Å². The summed E-state index contributed by atoms with van der Waals surface area (Å²) in [4.78, 5) is 46.8. The number of rotatable bonds is 8. The summed E-state index contributed by atoms with van der Waals surface area (Å²) in [5.41, 5.74) is 1.57. The molecule has 4 rings (SSSR count). The van der Waals surface area contributed by atoms with E-state index in [2.05, 4.69) is 15.6 Å². The number of benzene rings is 2. The number of aromatic nitrogens is 1. The van der Waals surface area contributed by atoms with Gasteiger partial charge >= 0.3 is 6.03 Å². The van der Waals surface area contributed by atoms with Crippen molar-refractivity contribution >= 4 is 29.2 Å². The quantitative estimate of drug-likeness (QED) is 0.382. The van der Waals surface area contributed by atoms with Crippen LogP contribution in [0.4, 0.5) is 16.2 Å². The maximum atomic E-state index is 13.7. The highest BCUT2D eigenvalue weighted by atomic mass is 16.5. The molecule has 0 bridgehead atoms. The molecule has 0 aliphatic carbocycles. The zero-order chi connectivity index (χ0) is 29.5. The number of ether oxygens (including phenoxy) is 2. The summed E-state index contributed by atoms with van der Waals surface area (Å²) in [5, 5.41) is 15.6. The smallest absolute Gasteiger partial charge is 0.321 e. The lowest BCUT2D eigenvalue weighted by Gasteiger charge is -2.38. The number of pyridine rings is 1. The van der Waals surface area contributed by atoms with E-state index in [1.165, 1.54) is 17.3 Å². The van der Waals surface area contributed by atoms with Crippen LogP contribution in [0, 0.1) is 5.92 Å². The molecule has 4 amide bonds. The Bertz CT molecular complexity index is 1370. The first-order chi connectivity index (χ1) is 19.7. The van der Waals surface area contributed by atoms with Gasteiger partial charge in [0, 0.05) is 43.2 Å². The molecular weight excluding hydrogens is 526 g/mol. The lowest BCUT2D eigenvalue weighted by atomic mass is 9.99. The number of carbonyl (C=O) groups is 3. The molecule has 1 aliphatic rings. The van der Waals surface area contributed by atoms with Crippen molar-refractivity contribution in [1.29, 1.82) is 0 Å². The van der Waals surface area contributed by atoms with Crippen LogP contribution in [-0.4, -0.2) is 83.7 Å². The molecule has 0 saturated heterocycles. The van der Waals surface area contributed by atoms with Crippen molar-refractivity contribution in [2.75, 3.05) is 44.5 Å². The summed E-state index contributed by atoms with van der Waals surface area (Å²) < 4.78 is 11.6. The molecule has 3 N–H and O–H groups in total. The van der Waals surface area contributed by atoms with Gasteiger partial charge in [0.15, 0.2) is 5.75 Å². The Morgan fingerprint density at radius 2 is 1.85 bits per heavy atom. The van der Waals surface area contributed by atoms with Gasteiger partial charge in [0.1, 0.15) is 11.9 Å². The topological polar surface area (TPSA) is 133 Å². The van der Waals surface area contributed by atoms with Gasteiger partial charge in [-0.3, -0.25) is 14.6 Å². The normalized spacial score (nSPS) is 17.3. The van der Waals surface area contributed by atoms with Crippen LogP contribution in [0.5, 0.6) is 11.5 Å². The minimum Gasteiger partial charge on any atom is -0.497 e. The van der Waals surface area contributed by atoms with Gasteiger partial charge in [-0.25, -0.2) is 4.79 Å². The van der Waals surface area contributed by atoms with E-state index in [0.717, 1.165) is 0 Å². The van der Waals surface area contributed by atoms with Gasteiger partial charge in [-0.1, -0.05) is 13.0 Å². The Hall–Kier alpha value is -4.64. The largest absolute Gasteiger partial charge is 0.497 e. The van der Waals surface area contributed by atoms with Crippen LogP contribution in [-0.2, 0) is 0 Å². The van der Waals surface area contributed by atoms with Gasteiger partial charge in [0.2, 0.25) is 0 Å². The SMILES string of the molecule is COc1ccc(NC(=O)N(C)CC2Oc3c(NC(=O)c4ccncc4)cccc3C(=O)N(C(C)CO)CC2C)cc1. The van der Waals surface area contributed by atoms with Crippen LogP contribution >= 0.6 is 0 Å². The number of aliphatic hydroxyl groups excluding tert-OH is 1. The zero-order valence-corrected chi connectivity index (χ0v) is 23.5. The molecule has 3 aromatic rings. The molecule has 3 unspecified atom stereocenters. The van der Waals surface area contributed by atoms with Crippen LogP contribution < -0.4 is 20.1 Å². The fourth-order valence-corrected chi connectivity index (χ4v) is 4.50. The molecule has 0 fully saturated rings. The molecule has 0 saturated carbocycles. The van der Waals surface area contributed by atoms with E-state index >= 15 is 0 Å². The third-order valence-corrected chi connectivity index (χ3v) is 7.02. The maximum Gasteiger partial charge on any atom is 0.321 e. The van der Waals surface area contributed by atoms with E-state index in [1.54, 1.807) is 80.6 Å². The van der Waals surface area contributed by atoms with E-state index in [0.29, 0.717) is 29.2 Å². The molecule has 11 heteroatoms. The Balaban J connectivity index is 1.62. The van der Waals surface area contributed by atoms with E-state index in [1.807, 2.05) is 6.92 Å². The first kappa shape index (κ1) is 29.3. The summed E-state index contributed by atoms with van der Waals surface area (Å²) in [6, 6.07) is 14.3. The lowest BCUT2D eigenvalue weighted by molar-refractivity contribution is 0.0372. The number of hydrogen-bond acceptors (Lipinski definition) is 7. The number of para-hydroxylation sites is 1. The molecule has 0 radical (unpaired) electrons. The standard InChI is InChI=1S/C30H35N5O6/c1-19-16-35(20(2)18-36)29(38)24-6-5-7-25(33-28(37)21-12-14-31-15-13-21)27(24)41-26(19)17-34(3)30(39)32-22-8-10-23(40-4)11-9-22/h5-15,19-20,26,36H,16-18H2,1-4H3,(H,32,39)(H,33,37). The van der Waals surface area contributed by atoms with Crippen molar-refractivity contribution in [3.05, 3.63) is 78.1 Å². The van der Waals surface area contributed by atoms with E-state index in [-0.39, 0.29) is 48.2 Å². The van der Waals surface area contributed by atoms with Crippen LogP contribution in [0.3, 0.4) is 0 Å². The molecule has 2 aromatic carbocycles. The molecule has 3 atom stereocenters. The van der Waals surface area contributed by atoms with Crippen molar-refractivity contribution in [2.45, 2.75) is 26.0 Å². The highest BCUT2D eigenvalue weighted by molar-refractivity contribution is 6.07. The van der Waals surface area contributed by atoms with E-state index < -0.39 is 12.1 Å². The summed E-state index contributed by atoms with van der Waals surface area (Å²) >= 11 is 0. The van der Waals surface area contributed by atoms with Gasteiger partial charge in [0.25, 0.3) is 11.8 Å². The summed E-state index contributed by atoms with van der Waals surface area (Å²) in [5.74, 6) is -0.0656.